The van der Waals surface area contributed by atoms with Crippen LogP contribution in [0.3, 0.4) is 0 Å². The van der Waals surface area contributed by atoms with Gasteiger partial charge in [-0.25, -0.2) is 19.2 Å². The fourth-order valence-electron chi connectivity index (χ4n) is 7.71. The summed E-state index contributed by atoms with van der Waals surface area (Å²) in [5.41, 5.74) is 0. The van der Waals surface area contributed by atoms with Crippen molar-refractivity contribution in [3.63, 3.8) is 0 Å². The van der Waals surface area contributed by atoms with Gasteiger partial charge in [0.15, 0.2) is 0 Å². The van der Waals surface area contributed by atoms with E-state index in [1.165, 1.54) is 6.92 Å². The summed E-state index contributed by atoms with van der Waals surface area (Å²) in [6.07, 6.45) is 11.0. The molecule has 0 heterocycles. The van der Waals surface area contributed by atoms with Crippen LogP contribution in [-0.2, 0) is 90.8 Å². The molecule has 12 N–H and O–H groups in total. The number of unbranched alkanes of at least 4 members (excludes halogenated alkanes) is 11. The van der Waals surface area contributed by atoms with Crippen LogP contribution in [-0.4, -0.2) is 226 Å². The summed E-state index contributed by atoms with van der Waals surface area (Å²) in [6.45, 7) is 0.110. The van der Waals surface area contributed by atoms with E-state index in [1.54, 1.807) is 0 Å². The lowest BCUT2D eigenvalue weighted by molar-refractivity contribution is -0.143. The largest absolute Gasteiger partial charge is 0.481 e. The van der Waals surface area contributed by atoms with Crippen molar-refractivity contribution >= 4 is 77.0 Å². The van der Waals surface area contributed by atoms with E-state index in [4.69, 9.17) is 38.6 Å². The van der Waals surface area contributed by atoms with Gasteiger partial charge in [0.1, 0.15) is 49.8 Å². The van der Waals surface area contributed by atoms with E-state index in [2.05, 4.69) is 37.2 Å². The molecule has 31 heteroatoms. The van der Waals surface area contributed by atoms with Crippen LogP contribution in [0.4, 0.5) is 0 Å². The highest BCUT2D eigenvalue weighted by Crippen LogP contribution is 2.13. The smallest absolute Gasteiger partial charge is 0.326 e. The first-order valence-corrected chi connectivity index (χ1v) is 29.2. The fourth-order valence-corrected chi connectivity index (χ4v) is 7.71. The highest BCUT2D eigenvalue weighted by Gasteiger charge is 2.24. The molecule has 7 amide bonds. The maximum Gasteiger partial charge on any atom is 0.326 e. The van der Waals surface area contributed by atoms with Crippen LogP contribution in [0.1, 0.15) is 148 Å². The third-order valence-electron chi connectivity index (χ3n) is 12.4. The van der Waals surface area contributed by atoms with Crippen LogP contribution in [0.15, 0.2) is 0 Å². The summed E-state index contributed by atoms with van der Waals surface area (Å²) in [6, 6.07) is -5.23. The van der Waals surface area contributed by atoms with E-state index >= 15 is 0 Å². The van der Waals surface area contributed by atoms with E-state index in [-0.39, 0.29) is 155 Å². The van der Waals surface area contributed by atoms with Crippen molar-refractivity contribution < 1.29 is 116 Å². The molecule has 0 saturated carbocycles. The predicted molar refractivity (Wildman–Crippen MR) is 302 cm³/mol. The number of rotatable bonds is 59. The summed E-state index contributed by atoms with van der Waals surface area (Å²) in [5.74, 6) is -10.3. The maximum absolute atomic E-state index is 12.4. The van der Waals surface area contributed by atoms with Crippen LogP contribution in [0, 0.1) is 0 Å². The Morgan fingerprint density at radius 1 is 0.291 bits per heavy atom. The van der Waals surface area contributed by atoms with Gasteiger partial charge < -0.3 is 96.0 Å². The molecule has 0 bridgehead atoms. The van der Waals surface area contributed by atoms with E-state index in [9.17, 15) is 77.6 Å². The second kappa shape index (κ2) is 52.4. The lowest BCUT2D eigenvalue weighted by Crippen LogP contribution is -2.43. The highest BCUT2D eigenvalue weighted by molar-refractivity contribution is 5.87. The molecule has 0 aromatic heterocycles. The van der Waals surface area contributed by atoms with Crippen molar-refractivity contribution in [2.24, 2.45) is 0 Å². The zero-order valence-electron chi connectivity index (χ0n) is 49.5. The van der Waals surface area contributed by atoms with Crippen LogP contribution in [0.5, 0.6) is 0 Å². The summed E-state index contributed by atoms with van der Waals surface area (Å²) in [4.78, 5) is 154. The maximum atomic E-state index is 12.4. The highest BCUT2D eigenvalue weighted by atomic mass is 16.5. The zero-order chi connectivity index (χ0) is 64.2. The van der Waals surface area contributed by atoms with Gasteiger partial charge in [0.05, 0.1) is 59.5 Å². The quantitative estimate of drug-likeness (QED) is 0.0356. The number of hydrogen-bond donors (Lipinski definition) is 12. The Balaban J connectivity index is 4.05. The number of ketones is 1. The average molecular weight is 1240 g/mol. The number of amides is 7. The Kier molecular flexibility index (Phi) is 48.2. The van der Waals surface area contributed by atoms with Crippen molar-refractivity contribution in [1.82, 2.24) is 37.2 Å². The minimum absolute atomic E-state index is 0.00626. The molecule has 31 nitrogen and oxygen atoms in total. The second-order valence-electron chi connectivity index (χ2n) is 19.9. The SMILES string of the molecule is CC(=O)CCC(NC(=O)COCCOCCNC(=O)CCC(NC(=O)COCCOCCNC(=O)CC[C@H](NC(=O)COCCOCCNC(=O)CC[C@H](NC(=O)CCCCCCCCCCCCCCC(=O)O)C(=O)O)C(=O)O)C(=O)O)C(=O)O. The van der Waals surface area contributed by atoms with Crippen molar-refractivity contribution in [2.45, 2.75) is 172 Å². The fraction of sp³-hybridized carbons (Fsp3) is 0.764. The lowest BCUT2D eigenvalue weighted by Gasteiger charge is -2.15. The Bertz CT molecular complexity index is 2050. The molecule has 0 rings (SSSR count). The van der Waals surface area contributed by atoms with E-state index < -0.39 is 109 Å². The van der Waals surface area contributed by atoms with Gasteiger partial charge in [-0.1, -0.05) is 64.2 Å². The van der Waals surface area contributed by atoms with Gasteiger partial charge in [-0.3, -0.25) is 38.4 Å². The Morgan fingerprint density at radius 3 is 0.826 bits per heavy atom. The van der Waals surface area contributed by atoms with Gasteiger partial charge in [0, 0.05) is 58.2 Å². The molecular formula is C55H93N7O24. The van der Waals surface area contributed by atoms with Gasteiger partial charge >= 0.3 is 29.8 Å². The molecule has 2 unspecified atom stereocenters. The predicted octanol–water partition coefficient (Wildman–Crippen LogP) is -0.0320. The first-order valence-electron chi connectivity index (χ1n) is 29.2. The van der Waals surface area contributed by atoms with Gasteiger partial charge in [0.25, 0.3) is 0 Å². The van der Waals surface area contributed by atoms with Crippen LogP contribution in [0.25, 0.3) is 0 Å². The summed E-state index contributed by atoms with van der Waals surface area (Å²) < 4.78 is 31.5. The third-order valence-corrected chi connectivity index (χ3v) is 12.4. The first kappa shape index (κ1) is 79.1. The monoisotopic (exact) mass is 1240 g/mol. The molecule has 0 spiro atoms. The van der Waals surface area contributed by atoms with Crippen LogP contribution in [0.2, 0.25) is 0 Å². The Hall–Kier alpha value is -6.93. The molecule has 0 aliphatic rings. The van der Waals surface area contributed by atoms with E-state index in [1.807, 2.05) is 0 Å². The van der Waals surface area contributed by atoms with Crippen LogP contribution >= 0.6 is 0 Å². The molecule has 4 atom stereocenters. The summed E-state index contributed by atoms with van der Waals surface area (Å²) in [7, 11) is 0. The first-order chi connectivity index (χ1) is 41.1. The number of carbonyl (C=O) groups is 13. The second-order valence-corrected chi connectivity index (χ2v) is 19.9. The number of Topliss-reactive ketones (excluding diaryl/α,β-unsaturated/α-hetero) is 1. The number of carbonyl (C=O) groups excluding carboxylic acids is 8. The standard InChI is InChI=1S/C55H93N7O24/c1-39(63)16-17-40(52(73)74)60-48(68)36-84-33-30-82-28-25-57-45(65)22-19-42(54(77)78)62-50(70)38-86-35-32-83-29-26-58-46(66)23-20-43(55(79)80)61-49(69)37-85-34-31-81-27-24-56-44(64)21-18-41(53(75)76)59-47(67)14-12-10-8-6-4-2-3-5-7-9-11-13-15-51(71)72/h40-43H,2-38H2,1H3,(H,56,64)(H,57,65)(H,58,66)(H,59,67)(H,60,68)(H,61,69)(H,62,70)(H,71,72)(H,73,74)(H,75,76)(H,77,78)(H,79,80)/t40?,41-,42?,43-/m0/s1. The van der Waals surface area contributed by atoms with Crippen molar-refractivity contribution in [3.8, 4) is 0 Å². The zero-order valence-corrected chi connectivity index (χ0v) is 49.5. The van der Waals surface area contributed by atoms with Crippen molar-refractivity contribution in [1.29, 1.82) is 0 Å². The minimum Gasteiger partial charge on any atom is -0.481 e. The van der Waals surface area contributed by atoms with Crippen LogP contribution < -0.4 is 37.2 Å². The van der Waals surface area contributed by atoms with E-state index in [0.29, 0.717) is 6.42 Å². The number of hydrogen-bond acceptors (Lipinski definition) is 19. The molecule has 0 aromatic carbocycles. The van der Waals surface area contributed by atoms with Gasteiger partial charge in [-0.15, -0.1) is 0 Å². The number of carboxylic acid groups (broad SMARTS) is 5. The lowest BCUT2D eigenvalue weighted by atomic mass is 10.0. The van der Waals surface area contributed by atoms with Gasteiger partial charge in [0.2, 0.25) is 41.4 Å². The number of carboxylic acids is 5. The average Bonchev–Trinajstić information content (AvgIpc) is 3.58. The van der Waals surface area contributed by atoms with Gasteiger partial charge in [-0.05, 0) is 45.4 Å². The number of ether oxygens (including phenoxy) is 6. The molecule has 0 saturated heterocycles. The summed E-state index contributed by atoms with van der Waals surface area (Å²) >= 11 is 0. The molecular weight excluding hydrogens is 1140 g/mol. The third kappa shape index (κ3) is 49.3. The van der Waals surface area contributed by atoms with Gasteiger partial charge in [-0.2, -0.15) is 0 Å². The molecule has 0 radical (unpaired) electrons. The normalized spacial score (nSPS) is 12.3. The molecule has 0 fully saturated rings. The topological polar surface area (TPSA) is 463 Å². The number of nitrogens with one attached hydrogen (secondary N) is 7. The molecule has 86 heavy (non-hydrogen) atoms. The number of aliphatic carboxylic acids is 5. The molecule has 492 valence electrons. The van der Waals surface area contributed by atoms with E-state index in [0.717, 1.165) is 70.6 Å². The molecule has 0 aliphatic carbocycles. The molecule has 0 aliphatic heterocycles. The van der Waals surface area contributed by atoms with Crippen molar-refractivity contribution in [3.05, 3.63) is 0 Å². The van der Waals surface area contributed by atoms with Crippen molar-refractivity contribution in [2.75, 3.05) is 98.9 Å². The Labute approximate surface area is 500 Å². The minimum atomic E-state index is -1.40. The summed E-state index contributed by atoms with van der Waals surface area (Å²) in [5, 5.41) is 63.3. The molecule has 0 aromatic rings. The Morgan fingerprint density at radius 2 is 0.547 bits per heavy atom.